The van der Waals surface area contributed by atoms with Crippen LogP contribution in [0.25, 0.3) is 22.3 Å². The van der Waals surface area contributed by atoms with Crippen LogP contribution in [-0.2, 0) is 0 Å². The zero-order valence-electron chi connectivity index (χ0n) is 21.1. The van der Waals surface area contributed by atoms with Crippen LogP contribution in [0.2, 0.25) is 0 Å². The first-order chi connectivity index (χ1) is 18.8. The normalized spacial score (nSPS) is 11.6. The molecular formula is C36H29N2+. The average Bonchev–Trinajstić information content (AvgIpc) is 3.00. The van der Waals surface area contributed by atoms with E-state index in [1.165, 1.54) is 44.2 Å². The molecule has 0 aromatic heterocycles. The Bertz CT molecular complexity index is 1580. The van der Waals surface area contributed by atoms with E-state index < -0.39 is 0 Å². The van der Waals surface area contributed by atoms with Crippen molar-refractivity contribution < 1.29 is 4.90 Å². The third-order valence-corrected chi connectivity index (χ3v) is 6.80. The minimum Gasteiger partial charge on any atom is -0.356 e. The first kappa shape index (κ1) is 23.5. The van der Waals surface area contributed by atoms with Gasteiger partial charge in [0.05, 0.1) is 0 Å². The molecule has 0 aliphatic rings. The number of nitrogens with one attached hydrogen (secondary N) is 2. The van der Waals surface area contributed by atoms with Gasteiger partial charge in [0.1, 0.15) is 17.1 Å². The summed E-state index contributed by atoms with van der Waals surface area (Å²) in [7, 11) is 0. The maximum Gasteiger partial charge on any atom is 0.141 e. The van der Waals surface area contributed by atoms with Crippen LogP contribution in [-0.4, -0.2) is 0 Å². The van der Waals surface area contributed by atoms with E-state index in [4.69, 9.17) is 0 Å². The quantitative estimate of drug-likeness (QED) is 0.229. The third kappa shape index (κ3) is 5.27. The van der Waals surface area contributed by atoms with E-state index in [9.17, 15) is 0 Å². The van der Waals surface area contributed by atoms with Crippen LogP contribution < -0.4 is 10.2 Å². The van der Waals surface area contributed by atoms with Gasteiger partial charge in [0.15, 0.2) is 0 Å². The van der Waals surface area contributed by atoms with E-state index in [-0.39, 0.29) is 0 Å². The molecule has 2 N–H and O–H groups in total. The summed E-state index contributed by atoms with van der Waals surface area (Å²) in [6.07, 6.45) is 0. The Kier molecular flexibility index (Phi) is 6.80. The Labute approximate surface area is 224 Å². The van der Waals surface area contributed by atoms with Crippen LogP contribution in [0.3, 0.4) is 0 Å². The summed E-state index contributed by atoms with van der Waals surface area (Å²) in [6.45, 7) is 0. The molecule has 0 amide bonds. The minimum absolute atomic E-state index is 1.06. The molecule has 6 aromatic carbocycles. The number of para-hydroxylation sites is 1. The fourth-order valence-corrected chi connectivity index (χ4v) is 4.83. The lowest BCUT2D eigenvalue weighted by Crippen LogP contribution is -2.96. The Balaban J connectivity index is 1.24. The van der Waals surface area contributed by atoms with Crippen LogP contribution in [0.4, 0.5) is 28.4 Å². The van der Waals surface area contributed by atoms with Gasteiger partial charge < -0.3 is 5.32 Å². The fraction of sp³-hybridized carbons (Fsp3) is 0. The van der Waals surface area contributed by atoms with Crippen molar-refractivity contribution in [2.45, 2.75) is 0 Å². The summed E-state index contributed by atoms with van der Waals surface area (Å²) >= 11 is 0. The molecule has 2 heteroatoms. The highest BCUT2D eigenvalue weighted by Crippen LogP contribution is 2.25. The molecule has 0 saturated carbocycles. The lowest BCUT2D eigenvalue weighted by Gasteiger charge is -2.19. The highest BCUT2D eigenvalue weighted by Gasteiger charge is 2.19. The SMILES string of the molecule is c1ccc(-c2ccc(Nc3ccc([NH+](c4ccccc4)c4ccc(-c5ccccc5)cc4)cc3)cc2)cc1. The second kappa shape index (κ2) is 11.0. The number of benzene rings is 6. The summed E-state index contributed by atoms with van der Waals surface area (Å²) in [6, 6.07) is 57.8. The van der Waals surface area contributed by atoms with Gasteiger partial charge in [0, 0.05) is 35.6 Å². The number of quaternary nitrogens is 1. The molecule has 0 heterocycles. The summed E-state index contributed by atoms with van der Waals surface area (Å²) in [5.74, 6) is 0. The van der Waals surface area contributed by atoms with E-state index in [2.05, 4.69) is 163 Å². The third-order valence-electron chi connectivity index (χ3n) is 6.80. The molecule has 2 nitrogen and oxygen atoms in total. The molecule has 182 valence electrons. The largest absolute Gasteiger partial charge is 0.356 e. The highest BCUT2D eigenvalue weighted by molar-refractivity contribution is 5.69. The number of hydrogen-bond acceptors (Lipinski definition) is 1. The molecule has 1 atom stereocenters. The zero-order chi connectivity index (χ0) is 25.6. The fourth-order valence-electron chi connectivity index (χ4n) is 4.83. The summed E-state index contributed by atoms with van der Waals surface area (Å²) in [5.41, 5.74) is 10.6. The van der Waals surface area contributed by atoms with Crippen molar-refractivity contribution in [3.63, 3.8) is 0 Å². The van der Waals surface area contributed by atoms with Crippen LogP contribution in [0.1, 0.15) is 0 Å². The van der Waals surface area contributed by atoms with Crippen molar-refractivity contribution in [3.05, 3.63) is 164 Å². The van der Waals surface area contributed by atoms with Gasteiger partial charge in [0.2, 0.25) is 0 Å². The van der Waals surface area contributed by atoms with Gasteiger partial charge in [-0.05, 0) is 70.8 Å². The zero-order valence-corrected chi connectivity index (χ0v) is 21.1. The van der Waals surface area contributed by atoms with Crippen molar-refractivity contribution in [1.82, 2.24) is 0 Å². The lowest BCUT2D eigenvalue weighted by molar-refractivity contribution is -0.681. The van der Waals surface area contributed by atoms with Crippen molar-refractivity contribution >= 4 is 28.4 Å². The topological polar surface area (TPSA) is 16.5 Å². The van der Waals surface area contributed by atoms with Gasteiger partial charge >= 0.3 is 0 Å². The van der Waals surface area contributed by atoms with E-state index >= 15 is 0 Å². The van der Waals surface area contributed by atoms with Crippen LogP contribution in [0.5, 0.6) is 0 Å². The molecule has 1 unspecified atom stereocenters. The molecule has 38 heavy (non-hydrogen) atoms. The Morgan fingerprint density at radius 3 is 1.08 bits per heavy atom. The molecule has 0 bridgehead atoms. The van der Waals surface area contributed by atoms with E-state index in [1.54, 1.807) is 0 Å². The molecule has 0 fully saturated rings. The highest BCUT2D eigenvalue weighted by atomic mass is 15.1. The molecule has 0 aliphatic carbocycles. The smallest absolute Gasteiger partial charge is 0.141 e. The van der Waals surface area contributed by atoms with E-state index in [1.807, 2.05) is 6.07 Å². The van der Waals surface area contributed by atoms with Crippen molar-refractivity contribution in [2.24, 2.45) is 0 Å². The molecule has 6 rings (SSSR count). The maximum absolute atomic E-state index is 3.54. The second-order valence-corrected chi connectivity index (χ2v) is 9.33. The van der Waals surface area contributed by atoms with E-state index in [0.717, 1.165) is 11.4 Å². The van der Waals surface area contributed by atoms with Gasteiger partial charge in [-0.3, -0.25) is 0 Å². The minimum atomic E-state index is 1.06. The summed E-state index contributed by atoms with van der Waals surface area (Å²) in [4.78, 5) is 1.23. The molecule has 0 saturated heterocycles. The predicted molar refractivity (Wildman–Crippen MR) is 160 cm³/mol. The van der Waals surface area contributed by atoms with Gasteiger partial charge in [0.25, 0.3) is 0 Å². The summed E-state index contributed by atoms with van der Waals surface area (Å²) < 4.78 is 0. The maximum atomic E-state index is 3.54. The molecule has 6 aromatic rings. The van der Waals surface area contributed by atoms with Crippen molar-refractivity contribution in [3.8, 4) is 22.3 Å². The number of hydrogen-bond donors (Lipinski definition) is 2. The first-order valence-corrected chi connectivity index (χ1v) is 12.9. The number of anilines is 2. The number of rotatable bonds is 7. The standard InChI is InChI=1S/C36H28N2/c1-4-10-28(11-5-1)30-16-20-32(21-17-30)37-33-22-26-36(27-23-33)38(34-14-8-3-9-15-34)35-24-18-31(19-25-35)29-12-6-2-7-13-29/h1-27,37H/p+1. The van der Waals surface area contributed by atoms with Crippen molar-refractivity contribution in [2.75, 3.05) is 5.32 Å². The predicted octanol–water partition coefficient (Wildman–Crippen LogP) is 8.94. The molecule has 0 spiro atoms. The molecule has 0 radical (unpaired) electrons. The average molecular weight is 490 g/mol. The molecule has 0 aliphatic heterocycles. The van der Waals surface area contributed by atoms with Gasteiger partial charge in [-0.15, -0.1) is 0 Å². The lowest BCUT2D eigenvalue weighted by atomic mass is 10.0. The first-order valence-electron chi connectivity index (χ1n) is 12.9. The van der Waals surface area contributed by atoms with Crippen LogP contribution >= 0.6 is 0 Å². The van der Waals surface area contributed by atoms with Crippen LogP contribution in [0, 0.1) is 0 Å². The summed E-state index contributed by atoms with van der Waals surface area (Å²) in [5, 5.41) is 3.54. The van der Waals surface area contributed by atoms with Gasteiger partial charge in [-0.25, -0.2) is 4.90 Å². The van der Waals surface area contributed by atoms with Gasteiger partial charge in [-0.2, -0.15) is 0 Å². The van der Waals surface area contributed by atoms with Crippen molar-refractivity contribution in [1.29, 1.82) is 0 Å². The monoisotopic (exact) mass is 489 g/mol. The Morgan fingerprint density at radius 2 is 0.605 bits per heavy atom. The van der Waals surface area contributed by atoms with E-state index in [0.29, 0.717) is 0 Å². The Morgan fingerprint density at radius 1 is 0.289 bits per heavy atom. The van der Waals surface area contributed by atoms with Crippen LogP contribution in [0.15, 0.2) is 164 Å². The van der Waals surface area contributed by atoms with Gasteiger partial charge in [-0.1, -0.05) is 91.0 Å². The molecular weight excluding hydrogens is 460 g/mol. The second-order valence-electron chi connectivity index (χ2n) is 9.33. The Hall–Kier alpha value is -4.92.